The van der Waals surface area contributed by atoms with Crippen molar-refractivity contribution in [3.05, 3.63) is 29.3 Å². The summed E-state index contributed by atoms with van der Waals surface area (Å²) < 4.78 is 10.9. The van der Waals surface area contributed by atoms with Gasteiger partial charge in [-0.2, -0.15) is 0 Å². The van der Waals surface area contributed by atoms with Crippen LogP contribution in [0.15, 0.2) is 18.2 Å². The van der Waals surface area contributed by atoms with Crippen LogP contribution in [0.1, 0.15) is 24.5 Å². The van der Waals surface area contributed by atoms with Crippen molar-refractivity contribution in [3.8, 4) is 5.75 Å². The van der Waals surface area contributed by atoms with Gasteiger partial charge in [-0.15, -0.1) is 0 Å². The molecule has 84 valence electrons. The highest BCUT2D eigenvalue weighted by atomic mass is 16.5. The molecule has 1 aromatic rings. The Hall–Kier alpha value is -1.02. The van der Waals surface area contributed by atoms with Gasteiger partial charge in [-0.25, -0.2) is 0 Å². The van der Waals surface area contributed by atoms with E-state index in [0.29, 0.717) is 13.2 Å². The van der Waals surface area contributed by atoms with Gasteiger partial charge >= 0.3 is 0 Å². The first kappa shape index (κ1) is 12.1. The maximum absolute atomic E-state index is 5.56. The van der Waals surface area contributed by atoms with E-state index in [1.807, 2.05) is 6.07 Å². The monoisotopic (exact) mass is 208 g/mol. The second-order valence-electron chi connectivity index (χ2n) is 3.71. The van der Waals surface area contributed by atoms with Crippen LogP contribution in [-0.2, 0) is 4.74 Å². The van der Waals surface area contributed by atoms with E-state index < -0.39 is 0 Å². The third-order valence-corrected chi connectivity index (χ3v) is 2.32. The van der Waals surface area contributed by atoms with Crippen LogP contribution >= 0.6 is 0 Å². The molecule has 2 heteroatoms. The molecule has 1 rings (SSSR count). The van der Waals surface area contributed by atoms with Crippen molar-refractivity contribution in [2.45, 2.75) is 27.2 Å². The third kappa shape index (κ3) is 4.34. The fourth-order valence-electron chi connectivity index (χ4n) is 1.27. The Morgan fingerprint density at radius 1 is 1.00 bits per heavy atom. The van der Waals surface area contributed by atoms with Crippen molar-refractivity contribution in [1.82, 2.24) is 0 Å². The Kier molecular flexibility index (Phi) is 5.19. The van der Waals surface area contributed by atoms with E-state index in [-0.39, 0.29) is 0 Å². The molecular weight excluding hydrogens is 188 g/mol. The zero-order chi connectivity index (χ0) is 11.1. The summed E-state index contributed by atoms with van der Waals surface area (Å²) in [6.07, 6.45) is 1.06. The lowest BCUT2D eigenvalue weighted by molar-refractivity contribution is 0.101. The lowest BCUT2D eigenvalue weighted by Crippen LogP contribution is -2.07. The number of aryl methyl sites for hydroxylation is 2. The molecule has 0 N–H and O–H groups in total. The molecule has 1 aromatic carbocycles. The highest BCUT2D eigenvalue weighted by molar-refractivity contribution is 5.33. The van der Waals surface area contributed by atoms with Crippen molar-refractivity contribution in [2.24, 2.45) is 0 Å². The zero-order valence-corrected chi connectivity index (χ0v) is 9.88. The Bertz CT molecular complexity index is 295. The highest BCUT2D eigenvalue weighted by Crippen LogP contribution is 2.16. The van der Waals surface area contributed by atoms with Crippen LogP contribution in [0, 0.1) is 13.8 Å². The largest absolute Gasteiger partial charge is 0.491 e. The molecule has 0 aliphatic rings. The van der Waals surface area contributed by atoms with Gasteiger partial charge in [-0.1, -0.05) is 13.0 Å². The standard InChI is InChI=1S/C13H20O2/c1-4-7-14-8-9-15-13-6-5-11(2)12(3)10-13/h5-6,10H,4,7-9H2,1-3H3. The van der Waals surface area contributed by atoms with E-state index in [2.05, 4.69) is 32.9 Å². The summed E-state index contributed by atoms with van der Waals surface area (Å²) in [6.45, 7) is 8.41. The molecule has 0 unspecified atom stereocenters. The first-order valence-electron chi connectivity index (χ1n) is 5.52. The molecule has 0 aliphatic carbocycles. The average molecular weight is 208 g/mol. The summed E-state index contributed by atoms with van der Waals surface area (Å²) in [5.41, 5.74) is 2.56. The molecule has 0 fully saturated rings. The second kappa shape index (κ2) is 6.46. The quantitative estimate of drug-likeness (QED) is 0.669. The minimum absolute atomic E-state index is 0.627. The van der Waals surface area contributed by atoms with Gasteiger partial charge in [-0.3, -0.25) is 0 Å². The van der Waals surface area contributed by atoms with E-state index in [9.17, 15) is 0 Å². The van der Waals surface area contributed by atoms with Gasteiger partial charge in [0.1, 0.15) is 12.4 Å². The second-order valence-corrected chi connectivity index (χ2v) is 3.71. The van der Waals surface area contributed by atoms with Crippen LogP contribution in [0.2, 0.25) is 0 Å². The fourth-order valence-corrected chi connectivity index (χ4v) is 1.27. The number of ether oxygens (including phenoxy) is 2. The SMILES string of the molecule is CCCOCCOc1ccc(C)c(C)c1. The number of rotatable bonds is 6. The summed E-state index contributed by atoms with van der Waals surface area (Å²) in [6, 6.07) is 6.15. The molecular formula is C13H20O2. The van der Waals surface area contributed by atoms with E-state index in [0.717, 1.165) is 18.8 Å². The van der Waals surface area contributed by atoms with Crippen molar-refractivity contribution >= 4 is 0 Å². The number of benzene rings is 1. The Morgan fingerprint density at radius 2 is 1.80 bits per heavy atom. The number of hydrogen-bond acceptors (Lipinski definition) is 2. The summed E-state index contributed by atoms with van der Waals surface area (Å²) in [5.74, 6) is 0.929. The molecule has 0 heterocycles. The predicted octanol–water partition coefficient (Wildman–Crippen LogP) is 3.11. The molecule has 0 bridgehead atoms. The maximum Gasteiger partial charge on any atom is 0.119 e. The third-order valence-electron chi connectivity index (χ3n) is 2.32. The smallest absolute Gasteiger partial charge is 0.119 e. The molecule has 0 saturated heterocycles. The van der Waals surface area contributed by atoms with E-state index in [1.54, 1.807) is 0 Å². The first-order valence-corrected chi connectivity index (χ1v) is 5.52. The fraction of sp³-hybridized carbons (Fsp3) is 0.538. The van der Waals surface area contributed by atoms with Gasteiger partial charge in [0.05, 0.1) is 6.61 Å². The van der Waals surface area contributed by atoms with Crippen LogP contribution < -0.4 is 4.74 Å². The lowest BCUT2D eigenvalue weighted by Gasteiger charge is -2.08. The van der Waals surface area contributed by atoms with Crippen LogP contribution in [0.25, 0.3) is 0 Å². The normalized spacial score (nSPS) is 10.3. The molecule has 0 saturated carbocycles. The Labute approximate surface area is 92.2 Å². The van der Waals surface area contributed by atoms with Crippen molar-refractivity contribution in [3.63, 3.8) is 0 Å². The molecule has 0 aromatic heterocycles. The van der Waals surface area contributed by atoms with Gasteiger partial charge in [0.25, 0.3) is 0 Å². The first-order chi connectivity index (χ1) is 7.24. The molecule has 0 amide bonds. The van der Waals surface area contributed by atoms with Crippen LogP contribution in [0.5, 0.6) is 5.75 Å². The van der Waals surface area contributed by atoms with Gasteiger partial charge in [0.15, 0.2) is 0 Å². The topological polar surface area (TPSA) is 18.5 Å². The van der Waals surface area contributed by atoms with Crippen molar-refractivity contribution in [2.75, 3.05) is 19.8 Å². The van der Waals surface area contributed by atoms with E-state index in [1.165, 1.54) is 11.1 Å². The Morgan fingerprint density at radius 3 is 2.47 bits per heavy atom. The molecule has 0 atom stereocenters. The van der Waals surface area contributed by atoms with Crippen molar-refractivity contribution in [1.29, 1.82) is 0 Å². The summed E-state index contributed by atoms with van der Waals surface area (Å²) in [4.78, 5) is 0. The predicted molar refractivity (Wildman–Crippen MR) is 62.5 cm³/mol. The molecule has 2 nitrogen and oxygen atoms in total. The van der Waals surface area contributed by atoms with Gasteiger partial charge in [0, 0.05) is 6.61 Å². The molecule has 15 heavy (non-hydrogen) atoms. The highest BCUT2D eigenvalue weighted by Gasteiger charge is 1.96. The van der Waals surface area contributed by atoms with Crippen LogP contribution in [0.3, 0.4) is 0 Å². The minimum Gasteiger partial charge on any atom is -0.491 e. The van der Waals surface area contributed by atoms with Crippen molar-refractivity contribution < 1.29 is 9.47 Å². The summed E-state index contributed by atoms with van der Waals surface area (Å²) >= 11 is 0. The van der Waals surface area contributed by atoms with E-state index in [4.69, 9.17) is 9.47 Å². The molecule has 0 aliphatic heterocycles. The summed E-state index contributed by atoms with van der Waals surface area (Å²) in [7, 11) is 0. The number of hydrogen-bond donors (Lipinski definition) is 0. The lowest BCUT2D eigenvalue weighted by atomic mass is 10.1. The van der Waals surface area contributed by atoms with Gasteiger partial charge in [0.2, 0.25) is 0 Å². The summed E-state index contributed by atoms with van der Waals surface area (Å²) in [5, 5.41) is 0. The average Bonchev–Trinajstić information content (AvgIpc) is 2.23. The Balaban J connectivity index is 2.28. The van der Waals surface area contributed by atoms with Gasteiger partial charge in [-0.05, 0) is 43.5 Å². The van der Waals surface area contributed by atoms with Gasteiger partial charge < -0.3 is 9.47 Å². The minimum atomic E-state index is 0.627. The van der Waals surface area contributed by atoms with Crippen LogP contribution in [-0.4, -0.2) is 19.8 Å². The zero-order valence-electron chi connectivity index (χ0n) is 9.88. The maximum atomic E-state index is 5.56. The van der Waals surface area contributed by atoms with Crippen LogP contribution in [0.4, 0.5) is 0 Å². The molecule has 0 radical (unpaired) electrons. The van der Waals surface area contributed by atoms with E-state index >= 15 is 0 Å². The molecule has 0 spiro atoms.